The predicted molar refractivity (Wildman–Crippen MR) is 198 cm³/mol. The minimum Gasteiger partial charge on any atom is -0.319 e. The van der Waals surface area contributed by atoms with Crippen LogP contribution in [0, 0.1) is 0 Å². The Morgan fingerprint density at radius 1 is 0.386 bits per heavy atom. The first-order valence-corrected chi connectivity index (χ1v) is 19.6. The lowest BCUT2D eigenvalue weighted by atomic mass is 10.3. The number of para-hydroxylation sites is 2. The van der Waals surface area contributed by atoms with Gasteiger partial charge in [-0.1, -0.05) is 158 Å². The molecule has 1 aliphatic rings. The molecule has 0 saturated carbocycles. The number of halogens is 1. The van der Waals surface area contributed by atoms with Crippen LogP contribution < -0.4 is 41.2 Å². The van der Waals surface area contributed by atoms with E-state index in [0.717, 1.165) is 13.1 Å². The number of hydrogen-bond donors (Lipinski definition) is 0. The van der Waals surface area contributed by atoms with Gasteiger partial charge in [-0.2, -0.15) is 0 Å². The second-order valence-corrected chi connectivity index (χ2v) is 17.2. The Labute approximate surface area is 269 Å². The lowest BCUT2D eigenvalue weighted by Crippen LogP contribution is -2.26. The molecule has 0 unspecified atom stereocenters. The van der Waals surface area contributed by atoms with E-state index in [4.69, 9.17) is 11.2 Å². The van der Waals surface area contributed by atoms with Gasteiger partial charge in [0.25, 0.3) is 0 Å². The molecular weight excluding hydrogens is 613 g/mol. The summed E-state index contributed by atoms with van der Waals surface area (Å²) in [5.41, 5.74) is 2.47. The fraction of sp³-hybridized carbons (Fsp3) is 0.0526. The average molecular weight is 645 g/mol. The molecule has 0 amide bonds. The lowest BCUT2D eigenvalue weighted by Gasteiger charge is -2.32. The van der Waals surface area contributed by atoms with E-state index >= 15 is 0 Å². The first-order valence-electron chi connectivity index (χ1n) is 14.8. The van der Waals surface area contributed by atoms with Crippen molar-refractivity contribution in [3.05, 3.63) is 170 Å². The Balaban J connectivity index is 1.28. The van der Waals surface area contributed by atoms with Crippen molar-refractivity contribution in [1.29, 1.82) is 0 Å². The Hall–Kier alpha value is -3.50. The lowest BCUT2D eigenvalue weighted by molar-refractivity contribution is 1.03. The molecule has 0 N–H and O–H groups in total. The largest absolute Gasteiger partial charge is 0.319 e. The van der Waals surface area contributed by atoms with Gasteiger partial charge in [-0.05, 0) is 60.4 Å². The number of benzene rings is 6. The molecule has 6 heteroatoms. The van der Waals surface area contributed by atoms with E-state index in [0.29, 0.717) is 0 Å². The van der Waals surface area contributed by atoms with E-state index in [1.165, 1.54) is 43.2 Å². The first-order chi connectivity index (χ1) is 21.8. The van der Waals surface area contributed by atoms with E-state index in [1.54, 1.807) is 0 Å². The quantitative estimate of drug-likeness (QED) is 0.155. The predicted octanol–water partition coefficient (Wildman–Crippen LogP) is 8.00. The van der Waals surface area contributed by atoms with Crippen LogP contribution in [0.1, 0.15) is 0 Å². The third-order valence-corrected chi connectivity index (χ3v) is 15.5. The van der Waals surface area contributed by atoms with Crippen molar-refractivity contribution in [3.8, 4) is 0 Å². The first kappa shape index (κ1) is 29.2. The molecule has 1 fully saturated rings. The van der Waals surface area contributed by atoms with Crippen molar-refractivity contribution < 1.29 is 0 Å². The summed E-state index contributed by atoms with van der Waals surface area (Å²) < 4.78 is 4.91. The zero-order chi connectivity index (χ0) is 29.7. The van der Waals surface area contributed by atoms with Gasteiger partial charge in [-0.15, -0.1) is 0 Å². The summed E-state index contributed by atoms with van der Waals surface area (Å²) >= 11 is 7.58. The summed E-state index contributed by atoms with van der Waals surface area (Å²) in [5.74, 6) is 0. The van der Waals surface area contributed by atoms with Crippen molar-refractivity contribution in [3.63, 3.8) is 0 Å². The Morgan fingerprint density at radius 2 is 0.659 bits per heavy atom. The summed E-state index contributed by atoms with van der Waals surface area (Å²) in [5, 5.41) is 8.07. The molecule has 44 heavy (non-hydrogen) atoms. The van der Waals surface area contributed by atoms with Gasteiger partial charge in [0.2, 0.25) is 0 Å². The molecule has 1 saturated heterocycles. The Bertz CT molecular complexity index is 1590. The maximum atomic E-state index is 7.58. The zero-order valence-corrected chi connectivity index (χ0v) is 27.6. The van der Waals surface area contributed by atoms with Crippen LogP contribution >= 0.6 is 34.7 Å². The van der Waals surface area contributed by atoms with Gasteiger partial charge in [0.1, 0.15) is 0 Å². The second-order valence-electron chi connectivity index (χ2n) is 10.5. The van der Waals surface area contributed by atoms with Gasteiger partial charge in [-0.3, -0.25) is 0 Å². The van der Waals surface area contributed by atoms with Gasteiger partial charge in [0, 0.05) is 23.7 Å². The number of rotatable bonds is 8. The second kappa shape index (κ2) is 13.6. The highest BCUT2D eigenvalue weighted by Crippen LogP contribution is 2.58. The Kier molecular flexibility index (Phi) is 9.06. The molecule has 0 atom stereocenters. The van der Waals surface area contributed by atoms with Gasteiger partial charge < -0.3 is 9.34 Å². The highest BCUT2D eigenvalue weighted by atomic mass is 35.7. The summed E-state index contributed by atoms with van der Waals surface area (Å²) in [6, 6.07) is 61.5. The van der Waals surface area contributed by atoms with E-state index < -0.39 is 23.4 Å². The van der Waals surface area contributed by atoms with Crippen LogP contribution in [0.2, 0.25) is 0 Å². The van der Waals surface area contributed by atoms with Crippen LogP contribution in [0.25, 0.3) is 0 Å². The molecule has 0 bridgehead atoms. The molecule has 7 rings (SSSR count). The van der Waals surface area contributed by atoms with Crippen molar-refractivity contribution in [2.75, 3.05) is 22.4 Å². The van der Waals surface area contributed by atoms with Crippen LogP contribution in [0.5, 0.6) is 0 Å². The Morgan fingerprint density at radius 3 is 0.977 bits per heavy atom. The van der Waals surface area contributed by atoms with Crippen LogP contribution in [-0.4, -0.2) is 13.1 Å². The molecule has 0 aromatic heterocycles. The molecule has 1 aliphatic heterocycles. The van der Waals surface area contributed by atoms with Crippen molar-refractivity contribution in [2.45, 2.75) is 0 Å². The van der Waals surface area contributed by atoms with Gasteiger partial charge in [0.05, 0.1) is 11.4 Å². The minimum atomic E-state index is -1.14. The standard InChI is InChI=1S/C38H32ClN2P3/c39-44-40(35-25-13-15-27-37(35)42(31-17-5-1-6-18-31)32-19-7-2-8-20-32)29-30-41(44)36-26-14-16-28-38(36)43(33-21-9-3-10-22-33)34-23-11-4-12-24-34/h1-28H,29-30H2. The van der Waals surface area contributed by atoms with Crippen molar-refractivity contribution >= 4 is 77.9 Å². The van der Waals surface area contributed by atoms with Crippen LogP contribution in [-0.2, 0) is 0 Å². The SMILES string of the molecule is ClP1N(c2ccccc2P(c2ccccc2)c2ccccc2)CCN1c1ccccc1P(c1ccccc1)c1ccccc1. The monoisotopic (exact) mass is 644 g/mol. The number of anilines is 2. The highest BCUT2D eigenvalue weighted by molar-refractivity contribution is 7.87. The van der Waals surface area contributed by atoms with E-state index in [1.807, 2.05) is 0 Å². The van der Waals surface area contributed by atoms with Gasteiger partial charge in [-0.25, -0.2) is 0 Å². The molecule has 216 valence electrons. The molecule has 6 aromatic rings. The maximum Gasteiger partial charge on any atom is 0.197 e. The summed E-state index contributed by atoms with van der Waals surface area (Å²) in [6.45, 7) is 1.75. The summed E-state index contributed by atoms with van der Waals surface area (Å²) in [6.07, 6.45) is 0. The normalized spacial score (nSPS) is 13.6. The molecule has 2 nitrogen and oxygen atoms in total. The third-order valence-electron chi connectivity index (χ3n) is 7.78. The molecule has 0 radical (unpaired) electrons. The number of nitrogens with zero attached hydrogens (tertiary/aromatic N) is 2. The fourth-order valence-electron chi connectivity index (χ4n) is 5.81. The van der Waals surface area contributed by atoms with Crippen molar-refractivity contribution in [2.24, 2.45) is 0 Å². The maximum absolute atomic E-state index is 7.58. The minimum absolute atomic E-state index is 0.753. The third kappa shape index (κ3) is 5.94. The van der Waals surface area contributed by atoms with E-state index in [-0.39, 0.29) is 0 Å². The van der Waals surface area contributed by atoms with Crippen LogP contribution in [0.15, 0.2) is 170 Å². The highest BCUT2D eigenvalue weighted by Gasteiger charge is 2.36. The van der Waals surface area contributed by atoms with E-state index in [2.05, 4.69) is 179 Å². The molecule has 1 heterocycles. The summed E-state index contributed by atoms with van der Waals surface area (Å²) in [7, 11) is -2.65. The topological polar surface area (TPSA) is 6.48 Å². The molecule has 0 spiro atoms. The van der Waals surface area contributed by atoms with Crippen LogP contribution in [0.3, 0.4) is 0 Å². The van der Waals surface area contributed by atoms with Crippen molar-refractivity contribution in [1.82, 2.24) is 0 Å². The summed E-state index contributed by atoms with van der Waals surface area (Å²) in [4.78, 5) is 0. The van der Waals surface area contributed by atoms with Gasteiger partial charge in [0.15, 0.2) is 7.58 Å². The van der Waals surface area contributed by atoms with Crippen LogP contribution in [0.4, 0.5) is 11.4 Å². The smallest absolute Gasteiger partial charge is 0.197 e. The zero-order valence-electron chi connectivity index (χ0n) is 24.2. The van der Waals surface area contributed by atoms with Gasteiger partial charge >= 0.3 is 0 Å². The molecule has 6 aromatic carbocycles. The molecule has 0 aliphatic carbocycles. The fourth-order valence-corrected chi connectivity index (χ4v) is 13.3. The average Bonchev–Trinajstić information content (AvgIpc) is 3.48. The number of hydrogen-bond acceptors (Lipinski definition) is 2. The van der Waals surface area contributed by atoms with E-state index in [9.17, 15) is 0 Å². The molecular formula is C38H32ClN2P3.